The molecular weight excluding hydrogens is 598 g/mol. The van der Waals surface area contributed by atoms with E-state index >= 15 is 0 Å². The number of nitrogens with zero attached hydrogens (tertiary/aromatic N) is 5. The molecule has 16 nitrogen and oxygen atoms in total. The first kappa shape index (κ1) is 29.9. The van der Waals surface area contributed by atoms with Crippen molar-refractivity contribution in [3.05, 3.63) is 28.4 Å². The van der Waals surface area contributed by atoms with E-state index in [9.17, 15) is 24.3 Å². The molecule has 8 N–H and O–H groups in total. The second kappa shape index (κ2) is 12.6. The van der Waals surface area contributed by atoms with Gasteiger partial charge >= 0.3 is 11.1 Å². The van der Waals surface area contributed by atoms with E-state index in [1.165, 1.54) is 35.0 Å². The summed E-state index contributed by atoms with van der Waals surface area (Å²) in [4.78, 5) is 63.4. The molecule has 1 unspecified atom stereocenters. The number of fused-ring (bicyclic) bond motifs is 1. The zero-order valence-corrected chi connectivity index (χ0v) is 23.9. The van der Waals surface area contributed by atoms with Crippen molar-refractivity contribution < 1.29 is 38.8 Å². The summed E-state index contributed by atoms with van der Waals surface area (Å²) in [5, 5.41) is 28.5. The number of carbonyl (C=O) groups excluding carboxylic acids is 3. The highest BCUT2D eigenvalue weighted by molar-refractivity contribution is 8.01. The summed E-state index contributed by atoms with van der Waals surface area (Å²) in [5.74, 6) is -3.10. The SMILES string of the molecule is CC[n+]1c(N)cc(N)nc1SCC1=C(C(=O)[O-])N2C(=O)C(NC(=O)/C(=N\OCCC(=O)O)c3csc(N)n3)[C@H]2SC1. The third kappa shape index (κ3) is 6.46. The standard InChI is InChI=1S/C22H25N9O7S3/c1-2-30-12(24)5-11(23)27-22(30)41-7-9-6-39-19-15(18(35)31(19)16(9)20(36)37)28-17(34)14(10-8-40-21(25)26-10)29-38-4-3-13(32)33/h5,8,15,19H,2-4,6-7H2,1H3,(H8,23,24,25,26,28,32,33,34,36,37)/b29-14-/t15?,19-/m1/s1. The van der Waals surface area contributed by atoms with E-state index in [0.29, 0.717) is 23.1 Å². The lowest BCUT2D eigenvalue weighted by molar-refractivity contribution is -0.719. The first-order valence-corrected chi connectivity index (χ1v) is 14.8. The Hall–Kier alpha value is -4.10. The quantitative estimate of drug-likeness (QED) is 0.0325. The molecule has 2 amide bonds. The Morgan fingerprint density at radius 1 is 1.34 bits per heavy atom. The minimum Gasteiger partial charge on any atom is -0.543 e. The van der Waals surface area contributed by atoms with Gasteiger partial charge in [0.15, 0.2) is 10.8 Å². The molecule has 2 aliphatic rings. The number of aromatic nitrogens is 3. The van der Waals surface area contributed by atoms with Crippen LogP contribution in [0.1, 0.15) is 19.0 Å². The lowest BCUT2D eigenvalue weighted by Gasteiger charge is -2.50. The van der Waals surface area contributed by atoms with Crippen LogP contribution in [0.3, 0.4) is 0 Å². The zero-order chi connectivity index (χ0) is 29.8. The first-order chi connectivity index (χ1) is 19.5. The molecule has 2 aromatic heterocycles. The van der Waals surface area contributed by atoms with Crippen LogP contribution in [-0.4, -0.2) is 79.0 Å². The summed E-state index contributed by atoms with van der Waals surface area (Å²) < 4.78 is 1.72. The predicted molar refractivity (Wildman–Crippen MR) is 148 cm³/mol. The fourth-order valence-corrected chi connectivity index (χ4v) is 7.08. The minimum atomic E-state index is -1.53. The molecule has 0 radical (unpaired) electrons. The maximum Gasteiger partial charge on any atom is 0.306 e. The number of nitrogen functional groups attached to an aromatic ring is 3. The van der Waals surface area contributed by atoms with Crippen LogP contribution in [0.5, 0.6) is 0 Å². The summed E-state index contributed by atoms with van der Waals surface area (Å²) in [6, 6.07) is 0.448. The van der Waals surface area contributed by atoms with Crippen LogP contribution >= 0.6 is 34.9 Å². The summed E-state index contributed by atoms with van der Waals surface area (Å²) in [6.45, 7) is 2.08. The third-order valence-electron chi connectivity index (χ3n) is 5.82. The zero-order valence-electron chi connectivity index (χ0n) is 21.4. The average Bonchev–Trinajstić information content (AvgIpc) is 3.34. The largest absolute Gasteiger partial charge is 0.543 e. The van der Waals surface area contributed by atoms with Crippen molar-refractivity contribution in [2.45, 2.75) is 36.5 Å². The molecule has 0 spiro atoms. The maximum absolute atomic E-state index is 13.1. The number of anilines is 3. The van der Waals surface area contributed by atoms with Crippen LogP contribution in [0.4, 0.5) is 16.8 Å². The number of carboxylic acid groups (broad SMARTS) is 2. The van der Waals surface area contributed by atoms with Gasteiger partial charge in [-0.05, 0) is 24.3 Å². The number of carbonyl (C=O) groups is 4. The Balaban J connectivity index is 1.50. The van der Waals surface area contributed by atoms with Gasteiger partial charge < -0.3 is 42.4 Å². The number of hydrogen-bond acceptors (Lipinski definition) is 15. The van der Waals surface area contributed by atoms with Crippen LogP contribution in [0.2, 0.25) is 0 Å². The van der Waals surface area contributed by atoms with Crippen LogP contribution in [-0.2, 0) is 30.6 Å². The molecule has 0 aromatic carbocycles. The van der Waals surface area contributed by atoms with E-state index < -0.39 is 35.2 Å². The van der Waals surface area contributed by atoms with Crippen molar-refractivity contribution in [2.75, 3.05) is 35.3 Å². The van der Waals surface area contributed by atoms with Crippen molar-refractivity contribution in [2.24, 2.45) is 5.16 Å². The molecule has 41 heavy (non-hydrogen) atoms. The van der Waals surface area contributed by atoms with Gasteiger partial charge in [0, 0.05) is 16.9 Å². The van der Waals surface area contributed by atoms with Gasteiger partial charge in [-0.15, -0.1) is 23.1 Å². The maximum atomic E-state index is 13.1. The Morgan fingerprint density at radius 3 is 2.73 bits per heavy atom. The summed E-state index contributed by atoms with van der Waals surface area (Å²) in [7, 11) is 0. The third-order valence-corrected chi connectivity index (χ3v) is 8.90. The number of amides is 2. The monoisotopic (exact) mass is 623 g/mol. The summed E-state index contributed by atoms with van der Waals surface area (Å²) in [6.07, 6.45) is -0.356. The fraction of sp³-hybridized carbons (Fsp3) is 0.364. The highest BCUT2D eigenvalue weighted by Gasteiger charge is 2.53. The molecule has 2 aliphatic heterocycles. The topological polar surface area (TPSA) is 256 Å². The Labute approximate surface area is 245 Å². The number of thiazole rings is 1. The number of β-lactam (4-membered cyclic amide) rings is 1. The molecule has 2 atom stereocenters. The van der Waals surface area contributed by atoms with Crippen molar-refractivity contribution in [3.8, 4) is 0 Å². The molecule has 4 rings (SSSR count). The number of nitrogens with two attached hydrogens (primary N) is 3. The highest BCUT2D eigenvalue weighted by atomic mass is 32.2. The molecule has 2 aromatic rings. The summed E-state index contributed by atoms with van der Waals surface area (Å²) >= 11 is 3.53. The Morgan fingerprint density at radius 2 is 2.10 bits per heavy atom. The molecular formula is C22H25N9O7S3. The normalized spacial score (nSPS) is 18.5. The molecule has 4 heterocycles. The first-order valence-electron chi connectivity index (χ1n) is 11.9. The number of rotatable bonds is 12. The summed E-state index contributed by atoms with van der Waals surface area (Å²) in [5.41, 5.74) is 17.4. The van der Waals surface area contributed by atoms with Gasteiger partial charge in [0.2, 0.25) is 11.6 Å². The molecule has 218 valence electrons. The Bertz CT molecular complexity index is 1460. The van der Waals surface area contributed by atoms with Crippen molar-refractivity contribution in [1.29, 1.82) is 0 Å². The van der Waals surface area contributed by atoms with Gasteiger partial charge in [-0.25, -0.2) is 9.55 Å². The second-order valence-electron chi connectivity index (χ2n) is 8.51. The van der Waals surface area contributed by atoms with Gasteiger partial charge in [-0.2, -0.15) is 0 Å². The highest BCUT2D eigenvalue weighted by Crippen LogP contribution is 2.41. The van der Waals surface area contributed by atoms with Crippen molar-refractivity contribution in [3.63, 3.8) is 0 Å². The van der Waals surface area contributed by atoms with E-state index in [0.717, 1.165) is 16.2 Å². The fourth-order valence-electron chi connectivity index (χ4n) is 3.96. The van der Waals surface area contributed by atoms with Gasteiger partial charge in [-0.1, -0.05) is 10.1 Å². The smallest absolute Gasteiger partial charge is 0.306 e. The van der Waals surface area contributed by atoms with Crippen LogP contribution in [0.15, 0.2) is 33.0 Å². The minimum absolute atomic E-state index is 0.0648. The van der Waals surface area contributed by atoms with E-state index in [-0.39, 0.29) is 52.6 Å². The van der Waals surface area contributed by atoms with Crippen molar-refractivity contribution >= 4 is 81.1 Å². The van der Waals surface area contributed by atoms with E-state index in [1.807, 2.05) is 6.92 Å². The number of nitrogens with one attached hydrogen (secondary N) is 1. The Kier molecular flexibility index (Phi) is 9.18. The number of thioether (sulfide) groups is 2. The lowest BCUT2D eigenvalue weighted by Crippen LogP contribution is -2.71. The van der Waals surface area contributed by atoms with Gasteiger partial charge in [0.25, 0.3) is 11.8 Å². The molecule has 0 saturated carbocycles. The van der Waals surface area contributed by atoms with Gasteiger partial charge in [-0.3, -0.25) is 19.3 Å². The molecule has 0 aliphatic carbocycles. The van der Waals surface area contributed by atoms with E-state index in [2.05, 4.69) is 20.4 Å². The number of hydrogen-bond donors (Lipinski definition) is 5. The molecule has 19 heteroatoms. The van der Waals surface area contributed by atoms with Gasteiger partial charge in [0.05, 0.1) is 30.7 Å². The van der Waals surface area contributed by atoms with Crippen LogP contribution in [0, 0.1) is 0 Å². The average molecular weight is 624 g/mol. The van der Waals surface area contributed by atoms with Crippen LogP contribution in [0.25, 0.3) is 0 Å². The predicted octanol–water partition coefficient (Wildman–Crippen LogP) is -2.02. The van der Waals surface area contributed by atoms with Crippen molar-refractivity contribution in [1.82, 2.24) is 20.2 Å². The number of oxime groups is 1. The number of aliphatic carboxylic acids is 2. The second-order valence-corrected chi connectivity index (χ2v) is 11.4. The van der Waals surface area contributed by atoms with Crippen LogP contribution < -0.4 is 32.2 Å². The lowest BCUT2D eigenvalue weighted by atomic mass is 10.0. The molecule has 0 bridgehead atoms. The van der Waals surface area contributed by atoms with Gasteiger partial charge in [0.1, 0.15) is 23.7 Å². The molecule has 1 fully saturated rings. The van der Waals surface area contributed by atoms with E-state index in [1.54, 1.807) is 4.57 Å². The molecule has 1 saturated heterocycles. The van der Waals surface area contributed by atoms with E-state index in [4.69, 9.17) is 27.1 Å². The number of carboxylic acids is 2.